The van der Waals surface area contributed by atoms with Crippen molar-refractivity contribution in [1.29, 1.82) is 0 Å². The average molecular weight is 329 g/mol. The maximum atomic E-state index is 11.9. The summed E-state index contributed by atoms with van der Waals surface area (Å²) in [5.74, 6) is 0.872. The van der Waals surface area contributed by atoms with Gasteiger partial charge in [-0.25, -0.2) is 0 Å². The van der Waals surface area contributed by atoms with Crippen LogP contribution in [0.4, 0.5) is 0 Å². The van der Waals surface area contributed by atoms with Crippen molar-refractivity contribution in [1.82, 2.24) is 4.90 Å². The van der Waals surface area contributed by atoms with E-state index in [-0.39, 0.29) is 17.6 Å². The second kappa shape index (κ2) is 8.46. The molecule has 132 valence electrons. The lowest BCUT2D eigenvalue weighted by atomic mass is 10.0. The fourth-order valence-electron chi connectivity index (χ4n) is 3.71. The van der Waals surface area contributed by atoms with Crippen LogP contribution in [0.25, 0.3) is 0 Å². The summed E-state index contributed by atoms with van der Waals surface area (Å²) in [6.45, 7) is 7.84. The number of hydrogen-bond donors (Lipinski definition) is 0. The van der Waals surface area contributed by atoms with Crippen molar-refractivity contribution in [2.75, 3.05) is 0 Å². The summed E-state index contributed by atoms with van der Waals surface area (Å²) in [7, 11) is 0. The summed E-state index contributed by atoms with van der Waals surface area (Å²) < 4.78 is 0. The Morgan fingerprint density at radius 3 is 1.88 bits per heavy atom. The van der Waals surface area contributed by atoms with E-state index < -0.39 is 0 Å². The Morgan fingerprint density at radius 2 is 1.42 bits per heavy atom. The first-order valence-electron chi connectivity index (χ1n) is 9.33. The van der Waals surface area contributed by atoms with E-state index in [0.29, 0.717) is 18.0 Å². The molecule has 3 nitrogen and oxygen atoms in total. The summed E-state index contributed by atoms with van der Waals surface area (Å²) >= 11 is 0. The molecule has 1 amide bonds. The van der Waals surface area contributed by atoms with Gasteiger partial charge in [-0.1, -0.05) is 58.0 Å². The maximum absolute atomic E-state index is 11.9. The monoisotopic (exact) mass is 329 g/mol. The summed E-state index contributed by atoms with van der Waals surface area (Å²) in [5, 5.41) is 0. The van der Waals surface area contributed by atoms with Crippen LogP contribution in [0.5, 0.6) is 0 Å². The molecule has 2 bridgehead atoms. The number of carbonyl (C=O) groups excluding carboxylic acids is 2. The number of benzene rings is 1. The van der Waals surface area contributed by atoms with Crippen LogP contribution in [0.3, 0.4) is 0 Å². The van der Waals surface area contributed by atoms with Crippen molar-refractivity contribution < 1.29 is 9.59 Å². The van der Waals surface area contributed by atoms with Crippen LogP contribution in [0.1, 0.15) is 70.2 Å². The lowest BCUT2D eigenvalue weighted by molar-refractivity contribution is -0.138. The molecular weight excluding hydrogens is 298 g/mol. The topological polar surface area (TPSA) is 37.4 Å². The first-order valence-corrected chi connectivity index (χ1v) is 9.33. The predicted molar refractivity (Wildman–Crippen MR) is 98.0 cm³/mol. The van der Waals surface area contributed by atoms with Crippen molar-refractivity contribution >= 4 is 11.7 Å². The summed E-state index contributed by atoms with van der Waals surface area (Å²) in [4.78, 5) is 25.4. The average Bonchev–Trinajstić information content (AvgIpc) is 2.83. The molecule has 2 aliphatic heterocycles. The molecule has 0 radical (unpaired) electrons. The Morgan fingerprint density at radius 1 is 0.875 bits per heavy atom. The fourth-order valence-corrected chi connectivity index (χ4v) is 3.71. The molecule has 3 rings (SSSR count). The standard InChI is InChI=1S/C11H19NO.C10H12O/c1-8(2)11(13)12-9-4-3-5-10(12)7-6-9;1-8(2)10(11)9-6-4-3-5-7-9/h8-10H,3-7H2,1-2H3;3-8H,1-2H3. The van der Waals surface area contributed by atoms with Crippen LogP contribution < -0.4 is 0 Å². The van der Waals surface area contributed by atoms with Gasteiger partial charge in [-0.2, -0.15) is 0 Å². The van der Waals surface area contributed by atoms with Crippen LogP contribution in [0.2, 0.25) is 0 Å². The predicted octanol–water partition coefficient (Wildman–Crippen LogP) is 4.71. The van der Waals surface area contributed by atoms with E-state index in [9.17, 15) is 9.59 Å². The second-order valence-corrected chi connectivity index (χ2v) is 7.60. The molecule has 24 heavy (non-hydrogen) atoms. The van der Waals surface area contributed by atoms with Crippen molar-refractivity contribution in [3.05, 3.63) is 35.9 Å². The summed E-state index contributed by atoms with van der Waals surface area (Å²) in [5.41, 5.74) is 0.808. The Bertz CT molecular complexity index is 534. The van der Waals surface area contributed by atoms with Crippen LogP contribution in [0.15, 0.2) is 30.3 Å². The molecule has 3 heteroatoms. The van der Waals surface area contributed by atoms with E-state index in [4.69, 9.17) is 0 Å². The van der Waals surface area contributed by atoms with Gasteiger partial charge in [-0.05, 0) is 32.1 Å². The van der Waals surface area contributed by atoms with Gasteiger partial charge in [-0.15, -0.1) is 0 Å². The number of nitrogens with zero attached hydrogens (tertiary/aromatic N) is 1. The molecule has 2 saturated heterocycles. The van der Waals surface area contributed by atoms with Gasteiger partial charge in [0, 0.05) is 29.5 Å². The largest absolute Gasteiger partial charge is 0.337 e. The van der Waals surface area contributed by atoms with Gasteiger partial charge >= 0.3 is 0 Å². The van der Waals surface area contributed by atoms with Gasteiger partial charge in [-0.3, -0.25) is 9.59 Å². The van der Waals surface area contributed by atoms with Gasteiger partial charge < -0.3 is 4.90 Å². The molecule has 0 spiro atoms. The molecule has 0 aromatic heterocycles. The fraction of sp³-hybridized carbons (Fsp3) is 0.619. The minimum Gasteiger partial charge on any atom is -0.337 e. The highest BCUT2D eigenvalue weighted by Crippen LogP contribution is 2.36. The molecule has 2 atom stereocenters. The first-order chi connectivity index (χ1) is 11.4. The number of piperidine rings is 1. The second-order valence-electron chi connectivity index (χ2n) is 7.60. The highest BCUT2D eigenvalue weighted by Gasteiger charge is 2.39. The SMILES string of the molecule is CC(C)C(=O)N1C2CCCC1CC2.CC(C)C(=O)c1ccccc1. The van der Waals surface area contributed by atoms with Gasteiger partial charge in [0.1, 0.15) is 0 Å². The zero-order chi connectivity index (χ0) is 17.7. The molecule has 1 aromatic rings. The number of rotatable bonds is 3. The Labute approximate surface area is 146 Å². The van der Waals surface area contributed by atoms with Crippen LogP contribution in [-0.4, -0.2) is 28.7 Å². The lowest BCUT2D eigenvalue weighted by Crippen LogP contribution is -2.45. The normalized spacial score (nSPS) is 22.3. The first kappa shape index (κ1) is 18.7. The third-order valence-electron chi connectivity index (χ3n) is 5.03. The molecule has 1 aromatic carbocycles. The smallest absolute Gasteiger partial charge is 0.225 e. The van der Waals surface area contributed by atoms with E-state index in [1.54, 1.807) is 0 Å². The summed E-state index contributed by atoms with van der Waals surface area (Å²) in [6.07, 6.45) is 6.33. The highest BCUT2D eigenvalue weighted by molar-refractivity contribution is 5.97. The van der Waals surface area contributed by atoms with Crippen molar-refractivity contribution in [3.8, 4) is 0 Å². The zero-order valence-electron chi connectivity index (χ0n) is 15.5. The molecule has 2 heterocycles. The van der Waals surface area contributed by atoms with Crippen LogP contribution in [0, 0.1) is 11.8 Å². The van der Waals surface area contributed by atoms with Gasteiger partial charge in [0.05, 0.1) is 0 Å². The molecule has 0 saturated carbocycles. The van der Waals surface area contributed by atoms with Gasteiger partial charge in [0.2, 0.25) is 5.91 Å². The van der Waals surface area contributed by atoms with E-state index in [2.05, 4.69) is 4.90 Å². The number of carbonyl (C=O) groups is 2. The van der Waals surface area contributed by atoms with E-state index in [1.807, 2.05) is 58.0 Å². The Kier molecular flexibility index (Phi) is 6.59. The van der Waals surface area contributed by atoms with Gasteiger partial charge in [0.15, 0.2) is 5.78 Å². The zero-order valence-corrected chi connectivity index (χ0v) is 15.5. The number of amides is 1. The Balaban J connectivity index is 0.000000177. The Hall–Kier alpha value is -1.64. The quantitative estimate of drug-likeness (QED) is 0.753. The van der Waals surface area contributed by atoms with Gasteiger partial charge in [0.25, 0.3) is 0 Å². The number of ketones is 1. The van der Waals surface area contributed by atoms with Crippen molar-refractivity contribution in [3.63, 3.8) is 0 Å². The third kappa shape index (κ3) is 4.46. The number of fused-ring (bicyclic) bond motifs is 2. The van der Waals surface area contributed by atoms with Crippen molar-refractivity contribution in [2.24, 2.45) is 11.8 Å². The minimum absolute atomic E-state index is 0.0948. The maximum Gasteiger partial charge on any atom is 0.225 e. The number of Topliss-reactive ketones (excluding diaryl/α,β-unsaturated/α-hetero) is 1. The third-order valence-corrected chi connectivity index (χ3v) is 5.03. The lowest BCUT2D eigenvalue weighted by Gasteiger charge is -2.36. The number of hydrogen-bond acceptors (Lipinski definition) is 2. The minimum atomic E-state index is 0.0948. The molecule has 0 N–H and O–H groups in total. The van der Waals surface area contributed by atoms with E-state index in [0.717, 1.165) is 5.56 Å². The van der Waals surface area contributed by atoms with Crippen LogP contribution in [-0.2, 0) is 4.79 Å². The summed E-state index contributed by atoms with van der Waals surface area (Å²) in [6, 6.07) is 10.6. The van der Waals surface area contributed by atoms with Crippen molar-refractivity contribution in [2.45, 2.75) is 71.9 Å². The molecule has 0 aliphatic carbocycles. The van der Waals surface area contributed by atoms with E-state index >= 15 is 0 Å². The molecule has 2 fully saturated rings. The van der Waals surface area contributed by atoms with Crippen LogP contribution >= 0.6 is 0 Å². The molecular formula is C21H31NO2. The highest BCUT2D eigenvalue weighted by atomic mass is 16.2. The molecule has 2 unspecified atom stereocenters. The molecule has 2 aliphatic rings. The van der Waals surface area contributed by atoms with E-state index in [1.165, 1.54) is 32.1 Å².